The van der Waals surface area contributed by atoms with Crippen molar-refractivity contribution in [1.29, 1.82) is 0 Å². The molecular formula is C16H14N2O3. The van der Waals surface area contributed by atoms with Gasteiger partial charge in [-0.05, 0) is 41.8 Å². The molecule has 4 rings (SSSR count). The van der Waals surface area contributed by atoms with E-state index in [1.807, 2.05) is 17.0 Å². The number of aromatic nitrogens is 1. The molecule has 0 aliphatic carbocycles. The number of carbonyl (C=O) groups excluding carboxylic acids is 1. The topological polar surface area (TPSA) is 51.7 Å². The Balaban J connectivity index is 1.61. The van der Waals surface area contributed by atoms with E-state index in [1.54, 1.807) is 24.5 Å². The highest BCUT2D eigenvalue weighted by Gasteiger charge is 2.25. The monoisotopic (exact) mass is 282 g/mol. The van der Waals surface area contributed by atoms with Crippen molar-refractivity contribution < 1.29 is 14.3 Å². The molecule has 0 spiro atoms. The lowest BCUT2D eigenvalue weighted by Gasteiger charge is -2.29. The quantitative estimate of drug-likeness (QED) is 0.803. The van der Waals surface area contributed by atoms with Crippen LogP contribution in [0.2, 0.25) is 0 Å². The predicted octanol–water partition coefficient (Wildman–Crippen LogP) is 2.01. The minimum atomic E-state index is 0.0423. The second-order valence-corrected chi connectivity index (χ2v) is 5.19. The van der Waals surface area contributed by atoms with Crippen LogP contribution in [-0.2, 0) is 13.0 Å². The Hall–Kier alpha value is -2.56. The number of ether oxygens (including phenoxy) is 2. The third kappa shape index (κ3) is 2.11. The minimum absolute atomic E-state index is 0.0423. The van der Waals surface area contributed by atoms with Crippen molar-refractivity contribution in [2.24, 2.45) is 0 Å². The normalized spacial score (nSPS) is 15.7. The van der Waals surface area contributed by atoms with Crippen molar-refractivity contribution in [3.8, 4) is 11.5 Å². The van der Waals surface area contributed by atoms with Gasteiger partial charge in [-0.25, -0.2) is 0 Å². The maximum atomic E-state index is 12.5. The van der Waals surface area contributed by atoms with E-state index in [4.69, 9.17) is 9.47 Å². The van der Waals surface area contributed by atoms with Crippen molar-refractivity contribution in [2.45, 2.75) is 13.0 Å². The third-order valence-corrected chi connectivity index (χ3v) is 3.92. The molecule has 106 valence electrons. The van der Waals surface area contributed by atoms with Crippen molar-refractivity contribution >= 4 is 5.91 Å². The first-order valence-corrected chi connectivity index (χ1v) is 6.92. The summed E-state index contributed by atoms with van der Waals surface area (Å²) in [7, 11) is 0. The Morgan fingerprint density at radius 2 is 1.81 bits per heavy atom. The number of hydrogen-bond acceptors (Lipinski definition) is 4. The zero-order valence-corrected chi connectivity index (χ0v) is 11.4. The van der Waals surface area contributed by atoms with Crippen LogP contribution in [0.15, 0.2) is 36.7 Å². The van der Waals surface area contributed by atoms with Gasteiger partial charge in [0.2, 0.25) is 6.79 Å². The Morgan fingerprint density at radius 3 is 2.57 bits per heavy atom. The first-order valence-electron chi connectivity index (χ1n) is 6.92. The average molecular weight is 282 g/mol. The number of fused-ring (bicyclic) bond motifs is 2. The van der Waals surface area contributed by atoms with Gasteiger partial charge in [0.05, 0.1) is 0 Å². The Morgan fingerprint density at radius 1 is 1.10 bits per heavy atom. The molecular weight excluding hydrogens is 268 g/mol. The molecule has 5 nitrogen and oxygen atoms in total. The number of hydrogen-bond donors (Lipinski definition) is 0. The molecule has 0 fully saturated rings. The van der Waals surface area contributed by atoms with E-state index < -0.39 is 0 Å². The van der Waals surface area contributed by atoms with E-state index in [0.29, 0.717) is 18.7 Å². The van der Waals surface area contributed by atoms with E-state index in [9.17, 15) is 4.79 Å². The molecule has 0 N–H and O–H groups in total. The molecule has 1 aromatic heterocycles. The lowest BCUT2D eigenvalue weighted by Crippen LogP contribution is -2.35. The van der Waals surface area contributed by atoms with Crippen molar-refractivity contribution in [2.75, 3.05) is 13.3 Å². The van der Waals surface area contributed by atoms with Crippen LogP contribution in [0.3, 0.4) is 0 Å². The maximum absolute atomic E-state index is 12.5. The number of carbonyl (C=O) groups is 1. The van der Waals surface area contributed by atoms with Crippen LogP contribution in [0.25, 0.3) is 0 Å². The zero-order chi connectivity index (χ0) is 14.2. The van der Waals surface area contributed by atoms with Gasteiger partial charge in [-0.2, -0.15) is 0 Å². The van der Waals surface area contributed by atoms with Crippen LogP contribution >= 0.6 is 0 Å². The van der Waals surface area contributed by atoms with Gasteiger partial charge in [0, 0.05) is 31.0 Å². The maximum Gasteiger partial charge on any atom is 0.254 e. The standard InChI is InChI=1S/C16H14N2O3/c19-16(11-1-4-17-5-2-11)18-6-3-12-7-14-15(21-10-20-14)8-13(12)9-18/h1-2,4-5,7-8H,3,6,9-10H2. The summed E-state index contributed by atoms with van der Waals surface area (Å²) >= 11 is 0. The summed E-state index contributed by atoms with van der Waals surface area (Å²) in [5.74, 6) is 1.62. The summed E-state index contributed by atoms with van der Waals surface area (Å²) in [6, 6.07) is 7.52. The fourth-order valence-electron chi connectivity index (χ4n) is 2.80. The van der Waals surface area contributed by atoms with Gasteiger partial charge in [-0.15, -0.1) is 0 Å². The second-order valence-electron chi connectivity index (χ2n) is 5.19. The SMILES string of the molecule is O=C(c1ccncc1)N1CCc2cc3c(cc2C1)OCO3. The molecule has 3 heterocycles. The number of pyridine rings is 1. The molecule has 2 aliphatic rings. The lowest BCUT2D eigenvalue weighted by molar-refractivity contribution is 0.0734. The van der Waals surface area contributed by atoms with Crippen LogP contribution in [0.4, 0.5) is 0 Å². The summed E-state index contributed by atoms with van der Waals surface area (Å²) < 4.78 is 10.8. The fraction of sp³-hybridized carbons (Fsp3) is 0.250. The summed E-state index contributed by atoms with van der Waals surface area (Å²) in [6.45, 7) is 1.60. The molecule has 5 heteroatoms. The molecule has 1 aromatic carbocycles. The van der Waals surface area contributed by atoms with Crippen LogP contribution in [-0.4, -0.2) is 29.1 Å². The highest BCUT2D eigenvalue weighted by Crippen LogP contribution is 2.36. The number of benzene rings is 1. The van der Waals surface area contributed by atoms with Crippen LogP contribution in [0.5, 0.6) is 11.5 Å². The third-order valence-electron chi connectivity index (χ3n) is 3.92. The Labute approximate surface area is 122 Å². The summed E-state index contributed by atoms with van der Waals surface area (Å²) in [4.78, 5) is 18.3. The second kappa shape index (κ2) is 4.77. The van der Waals surface area contributed by atoms with E-state index in [2.05, 4.69) is 4.98 Å². The van der Waals surface area contributed by atoms with Gasteiger partial charge < -0.3 is 14.4 Å². The molecule has 2 aromatic rings. The first-order chi connectivity index (χ1) is 10.3. The molecule has 0 unspecified atom stereocenters. The number of rotatable bonds is 1. The van der Waals surface area contributed by atoms with Crippen LogP contribution < -0.4 is 9.47 Å². The largest absolute Gasteiger partial charge is 0.454 e. The molecule has 0 radical (unpaired) electrons. The zero-order valence-electron chi connectivity index (χ0n) is 11.4. The molecule has 0 bridgehead atoms. The molecule has 0 saturated carbocycles. The van der Waals surface area contributed by atoms with Gasteiger partial charge in [0.1, 0.15) is 0 Å². The first kappa shape index (κ1) is 12.2. The molecule has 0 atom stereocenters. The highest BCUT2D eigenvalue weighted by molar-refractivity contribution is 5.94. The van der Waals surface area contributed by atoms with Crippen LogP contribution in [0, 0.1) is 0 Å². The van der Waals surface area contributed by atoms with E-state index in [-0.39, 0.29) is 12.7 Å². The van der Waals surface area contributed by atoms with Gasteiger partial charge >= 0.3 is 0 Å². The summed E-state index contributed by atoms with van der Waals surface area (Å²) in [5, 5.41) is 0. The van der Waals surface area contributed by atoms with Crippen LogP contribution in [0.1, 0.15) is 21.5 Å². The van der Waals surface area contributed by atoms with Gasteiger partial charge in [0.15, 0.2) is 11.5 Å². The van der Waals surface area contributed by atoms with Gasteiger partial charge in [-0.3, -0.25) is 9.78 Å². The molecule has 2 aliphatic heterocycles. The van der Waals surface area contributed by atoms with Gasteiger partial charge in [-0.1, -0.05) is 0 Å². The Bertz CT molecular complexity index is 700. The minimum Gasteiger partial charge on any atom is -0.454 e. The average Bonchev–Trinajstić information content (AvgIpc) is 2.99. The number of nitrogens with zero attached hydrogens (tertiary/aromatic N) is 2. The van der Waals surface area contributed by atoms with Crippen molar-refractivity contribution in [1.82, 2.24) is 9.88 Å². The summed E-state index contributed by atoms with van der Waals surface area (Å²) in [6.07, 6.45) is 4.12. The number of amides is 1. The fourth-order valence-corrected chi connectivity index (χ4v) is 2.80. The molecule has 21 heavy (non-hydrogen) atoms. The van der Waals surface area contributed by atoms with Crippen molar-refractivity contribution in [3.05, 3.63) is 53.3 Å². The van der Waals surface area contributed by atoms with Crippen molar-refractivity contribution in [3.63, 3.8) is 0 Å². The molecule has 0 saturated heterocycles. The lowest BCUT2D eigenvalue weighted by atomic mass is 9.98. The van der Waals surface area contributed by atoms with E-state index in [0.717, 1.165) is 23.5 Å². The van der Waals surface area contributed by atoms with E-state index in [1.165, 1.54) is 5.56 Å². The molecule has 1 amide bonds. The Kier molecular flexibility index (Phi) is 2.77. The summed E-state index contributed by atoms with van der Waals surface area (Å²) in [5.41, 5.74) is 3.04. The van der Waals surface area contributed by atoms with Gasteiger partial charge in [0.25, 0.3) is 5.91 Å². The highest BCUT2D eigenvalue weighted by atomic mass is 16.7. The predicted molar refractivity (Wildman–Crippen MR) is 75.2 cm³/mol. The smallest absolute Gasteiger partial charge is 0.254 e. The van der Waals surface area contributed by atoms with E-state index >= 15 is 0 Å².